The van der Waals surface area contributed by atoms with Gasteiger partial charge in [0.25, 0.3) is 0 Å². The van der Waals surface area contributed by atoms with E-state index < -0.39 is 11.7 Å². The van der Waals surface area contributed by atoms with Crippen LogP contribution < -0.4 is 0 Å². The Morgan fingerprint density at radius 1 is 0.500 bits per heavy atom. The second-order valence-corrected chi connectivity index (χ2v) is 12.3. The Morgan fingerprint density at radius 2 is 0.944 bits per heavy atom. The first kappa shape index (κ1) is 32.8. The largest absolute Gasteiger partial charge is 0.415 e. The van der Waals surface area contributed by atoms with Crippen LogP contribution in [0.3, 0.4) is 0 Å². The van der Waals surface area contributed by atoms with Gasteiger partial charge in [-0.25, -0.2) is 19.4 Å². The van der Waals surface area contributed by atoms with Gasteiger partial charge in [-0.15, -0.1) is 0 Å². The minimum Gasteiger partial charge on any atom is -0.311 e. The molecule has 0 radical (unpaired) electrons. The molecule has 0 bridgehead atoms. The molecule has 0 N–H and O–H groups in total. The highest BCUT2D eigenvalue weighted by atomic mass is 19.4. The van der Waals surface area contributed by atoms with Crippen LogP contribution in [0.25, 0.3) is 85.5 Å². The third-order valence-electron chi connectivity index (χ3n) is 9.42. The van der Waals surface area contributed by atoms with E-state index in [1.807, 2.05) is 0 Å². The Balaban J connectivity index is 1.66. The molecule has 54 heavy (non-hydrogen) atoms. The summed E-state index contributed by atoms with van der Waals surface area (Å²) in [5.74, 6) is 0. The molecule has 0 amide bonds. The monoisotopic (exact) mass is 702 g/mol. The van der Waals surface area contributed by atoms with Crippen LogP contribution in [0.1, 0.15) is 16.7 Å². The summed E-state index contributed by atoms with van der Waals surface area (Å²) in [6.07, 6.45) is -4.75. The average Bonchev–Trinajstić information content (AvgIpc) is 3.70. The number of benzene rings is 6. The quantitative estimate of drug-likeness (QED) is 0.172. The molecule has 0 atom stereocenters. The normalized spacial score (nSPS) is 11.1. The predicted octanol–water partition coefficient (Wildman–Crippen LogP) is 12.5. The van der Waals surface area contributed by atoms with Crippen LogP contribution in [0, 0.1) is 49.0 Å². The molecule has 8 rings (SSSR count). The van der Waals surface area contributed by atoms with E-state index in [9.17, 15) is 23.7 Å². The van der Waals surface area contributed by atoms with Crippen molar-refractivity contribution in [1.82, 2.24) is 9.13 Å². The number of fused-ring (bicyclic) bond motifs is 6. The van der Waals surface area contributed by atoms with Crippen LogP contribution in [0.4, 0.5) is 35.9 Å². The minimum absolute atomic E-state index is 0.109. The molecule has 6 aromatic carbocycles. The standard InChI is InChI=1S/C43H17F3N8/c1-49-27-7-12-31-30-10-5-24(22-47)15-36(30)53(37(31)19-27)40-16-25(23-48)17-41(42(40)34-11-6-26(43(44,45)46)18-35(34)52-4)54-38-20-28(50-2)8-13-32(38)33-14-9-29(51-3)21-39(33)54/h5-21H. The molecule has 8 aromatic rings. The van der Waals surface area contributed by atoms with E-state index in [-0.39, 0.29) is 33.8 Å². The van der Waals surface area contributed by atoms with Gasteiger partial charge < -0.3 is 9.13 Å². The molecule has 0 aliphatic carbocycles. The Morgan fingerprint density at radius 3 is 1.35 bits per heavy atom. The number of rotatable bonds is 3. The summed E-state index contributed by atoms with van der Waals surface area (Å²) in [7, 11) is 0. The first-order chi connectivity index (χ1) is 26.1. The van der Waals surface area contributed by atoms with Crippen molar-refractivity contribution in [3.05, 3.63) is 165 Å². The fourth-order valence-electron chi connectivity index (χ4n) is 7.12. The van der Waals surface area contributed by atoms with E-state index in [0.29, 0.717) is 66.2 Å². The first-order valence-electron chi connectivity index (χ1n) is 16.0. The first-order valence-corrected chi connectivity index (χ1v) is 16.0. The molecule has 0 aliphatic heterocycles. The van der Waals surface area contributed by atoms with Crippen molar-refractivity contribution in [1.29, 1.82) is 10.5 Å². The highest BCUT2D eigenvalue weighted by Crippen LogP contribution is 2.47. The Hall–Kier alpha value is -8.35. The third-order valence-corrected chi connectivity index (χ3v) is 9.42. The van der Waals surface area contributed by atoms with Gasteiger partial charge in [-0.1, -0.05) is 54.6 Å². The van der Waals surface area contributed by atoms with Gasteiger partial charge in [0, 0.05) is 49.2 Å². The van der Waals surface area contributed by atoms with Crippen LogP contribution in [0.15, 0.2) is 103 Å². The van der Waals surface area contributed by atoms with Gasteiger partial charge in [0.2, 0.25) is 0 Å². The fraction of sp³-hybridized carbons (Fsp3) is 0.0233. The minimum atomic E-state index is -4.75. The summed E-state index contributed by atoms with van der Waals surface area (Å²) in [5, 5.41) is 23.3. The topological polar surface area (TPSA) is 74.9 Å². The molecule has 250 valence electrons. The van der Waals surface area contributed by atoms with Crippen molar-refractivity contribution in [2.75, 3.05) is 0 Å². The Kier molecular flexibility index (Phi) is 7.39. The van der Waals surface area contributed by atoms with E-state index >= 15 is 0 Å². The number of nitriles is 2. The van der Waals surface area contributed by atoms with Gasteiger partial charge in [-0.3, -0.25) is 0 Å². The molecule has 0 aliphatic rings. The van der Waals surface area contributed by atoms with Crippen LogP contribution in [0.2, 0.25) is 0 Å². The van der Waals surface area contributed by atoms with Crippen molar-refractivity contribution in [3.63, 3.8) is 0 Å². The maximum Gasteiger partial charge on any atom is 0.415 e. The van der Waals surface area contributed by atoms with E-state index in [0.717, 1.165) is 12.1 Å². The number of hydrogen-bond donors (Lipinski definition) is 0. The number of alkyl halides is 3. The zero-order chi connectivity index (χ0) is 37.9. The van der Waals surface area contributed by atoms with Gasteiger partial charge in [0.05, 0.1) is 66.4 Å². The average molecular weight is 703 g/mol. The molecule has 0 spiro atoms. The molecule has 0 unspecified atom stereocenters. The molecular formula is C43H17F3N8. The lowest BCUT2D eigenvalue weighted by atomic mass is 9.95. The van der Waals surface area contributed by atoms with E-state index in [1.165, 1.54) is 6.07 Å². The maximum absolute atomic E-state index is 14.1. The summed E-state index contributed by atoms with van der Waals surface area (Å²) >= 11 is 0. The Bertz CT molecular complexity index is 2920. The van der Waals surface area contributed by atoms with E-state index in [4.69, 9.17) is 26.3 Å². The van der Waals surface area contributed by atoms with Gasteiger partial charge >= 0.3 is 6.18 Å². The zero-order valence-corrected chi connectivity index (χ0v) is 27.5. The van der Waals surface area contributed by atoms with Crippen molar-refractivity contribution < 1.29 is 13.2 Å². The SMILES string of the molecule is [C-]#[N+]c1ccc2c3ccc(C#N)cc3n(-c3cc(C#N)cc(-n4c5cc([N+]#[C-])ccc5c5ccc([N+]#[C-])cc54)c3-c3ccc(C(F)(F)F)cc3[N+]#[C-])c2c1. The smallest absolute Gasteiger partial charge is 0.311 e. The van der Waals surface area contributed by atoms with Crippen LogP contribution in [-0.4, -0.2) is 9.13 Å². The van der Waals surface area contributed by atoms with E-state index in [2.05, 4.69) is 31.5 Å². The van der Waals surface area contributed by atoms with Gasteiger partial charge in [0.15, 0.2) is 22.7 Å². The summed E-state index contributed by atoms with van der Waals surface area (Å²) in [4.78, 5) is 14.5. The fourth-order valence-corrected chi connectivity index (χ4v) is 7.12. The highest BCUT2D eigenvalue weighted by molar-refractivity contribution is 6.13. The molecule has 2 aromatic heterocycles. The lowest BCUT2D eigenvalue weighted by Crippen LogP contribution is -2.07. The van der Waals surface area contributed by atoms with Crippen molar-refractivity contribution in [2.45, 2.75) is 6.18 Å². The maximum atomic E-state index is 14.1. The van der Waals surface area contributed by atoms with Gasteiger partial charge in [-0.05, 0) is 54.1 Å². The number of nitrogens with zero attached hydrogens (tertiary/aromatic N) is 8. The zero-order valence-electron chi connectivity index (χ0n) is 27.5. The summed E-state index contributed by atoms with van der Waals surface area (Å²) in [6.45, 7) is 31.4. The summed E-state index contributed by atoms with van der Waals surface area (Å²) in [5.41, 5.74) is 2.99. The lowest BCUT2D eigenvalue weighted by molar-refractivity contribution is -0.137. The van der Waals surface area contributed by atoms with Crippen molar-refractivity contribution in [2.24, 2.45) is 0 Å². The summed E-state index contributed by atoms with van der Waals surface area (Å²) in [6, 6.07) is 30.8. The van der Waals surface area contributed by atoms with Crippen molar-refractivity contribution in [3.8, 4) is 34.6 Å². The third kappa shape index (κ3) is 4.95. The number of halogens is 3. The number of hydrogen-bond acceptors (Lipinski definition) is 2. The van der Waals surface area contributed by atoms with E-state index in [1.54, 1.807) is 94.1 Å². The Labute approximate surface area is 304 Å². The van der Waals surface area contributed by atoms with Gasteiger partial charge in [0.1, 0.15) is 0 Å². The molecule has 0 saturated carbocycles. The molecule has 11 heteroatoms. The molecular weight excluding hydrogens is 686 g/mol. The number of aromatic nitrogens is 2. The van der Waals surface area contributed by atoms with Crippen molar-refractivity contribution >= 4 is 66.4 Å². The predicted molar refractivity (Wildman–Crippen MR) is 200 cm³/mol. The van der Waals surface area contributed by atoms with Gasteiger partial charge in [-0.2, -0.15) is 23.7 Å². The molecule has 0 fully saturated rings. The molecule has 0 saturated heterocycles. The lowest BCUT2D eigenvalue weighted by Gasteiger charge is -2.22. The van der Waals surface area contributed by atoms with Crippen LogP contribution >= 0.6 is 0 Å². The summed E-state index contributed by atoms with van der Waals surface area (Å²) < 4.78 is 45.8. The molecule has 2 heterocycles. The second-order valence-electron chi connectivity index (χ2n) is 12.3. The molecule has 8 nitrogen and oxygen atoms in total. The second kappa shape index (κ2) is 12.2. The highest BCUT2D eigenvalue weighted by Gasteiger charge is 2.32. The van der Waals surface area contributed by atoms with Crippen LogP contribution in [-0.2, 0) is 6.18 Å². The van der Waals surface area contributed by atoms with Crippen LogP contribution in [0.5, 0.6) is 0 Å².